The molecular weight excluding hydrogens is 409 g/mol. The fraction of sp³-hybridized carbons (Fsp3) is 0.409. The van der Waals surface area contributed by atoms with E-state index >= 15 is 0 Å². The molecule has 1 aromatic heterocycles. The molecule has 3 aliphatic rings. The summed E-state index contributed by atoms with van der Waals surface area (Å²) >= 11 is 0. The Balaban J connectivity index is 1.59. The molecule has 0 saturated carbocycles. The molecule has 6 nitrogen and oxygen atoms in total. The van der Waals surface area contributed by atoms with Crippen LogP contribution in [0.15, 0.2) is 47.7 Å². The van der Waals surface area contributed by atoms with Gasteiger partial charge in [-0.3, -0.25) is 14.8 Å². The van der Waals surface area contributed by atoms with Crippen LogP contribution in [0.5, 0.6) is 0 Å². The number of halogens is 3. The van der Waals surface area contributed by atoms with Crippen LogP contribution in [0.3, 0.4) is 0 Å². The Kier molecular flexibility index (Phi) is 4.92. The van der Waals surface area contributed by atoms with Gasteiger partial charge in [0.05, 0.1) is 17.4 Å². The van der Waals surface area contributed by atoms with Gasteiger partial charge in [-0.1, -0.05) is 18.2 Å². The van der Waals surface area contributed by atoms with Crippen molar-refractivity contribution in [2.24, 2.45) is 11.0 Å². The first kappa shape index (κ1) is 20.0. The Morgan fingerprint density at radius 1 is 1.16 bits per heavy atom. The van der Waals surface area contributed by atoms with E-state index in [9.17, 15) is 18.0 Å². The van der Waals surface area contributed by atoms with Crippen LogP contribution in [0.4, 0.5) is 18.9 Å². The van der Waals surface area contributed by atoms with E-state index in [4.69, 9.17) is 4.74 Å². The molecule has 3 unspecified atom stereocenters. The van der Waals surface area contributed by atoms with Crippen molar-refractivity contribution >= 4 is 17.8 Å². The summed E-state index contributed by atoms with van der Waals surface area (Å²) < 4.78 is 46.0. The minimum absolute atomic E-state index is 0.248. The number of benzene rings is 1. The van der Waals surface area contributed by atoms with E-state index in [0.29, 0.717) is 23.4 Å². The third-order valence-corrected chi connectivity index (χ3v) is 5.93. The molecule has 1 saturated heterocycles. The van der Waals surface area contributed by atoms with Crippen molar-refractivity contribution in [1.29, 1.82) is 0 Å². The van der Waals surface area contributed by atoms with Gasteiger partial charge in [-0.15, -0.1) is 0 Å². The molecule has 0 spiro atoms. The Bertz CT molecular complexity index is 1010. The number of pyridine rings is 1. The van der Waals surface area contributed by atoms with E-state index in [2.05, 4.69) is 10.1 Å². The number of carbonyl (C=O) groups is 1. The Morgan fingerprint density at radius 2 is 2.03 bits per heavy atom. The molecule has 4 heterocycles. The number of nitrogens with zero attached hydrogens (tertiary/aromatic N) is 4. The van der Waals surface area contributed by atoms with E-state index in [1.807, 2.05) is 12.1 Å². The average Bonchev–Trinajstić information content (AvgIpc) is 3.22. The number of anilines is 1. The summed E-state index contributed by atoms with van der Waals surface area (Å²) in [5.41, 5.74) is 2.16. The molecule has 31 heavy (non-hydrogen) atoms. The molecule has 0 N–H and O–H groups in total. The van der Waals surface area contributed by atoms with Crippen LogP contribution in [0, 0.1) is 5.92 Å². The van der Waals surface area contributed by atoms with Crippen molar-refractivity contribution in [1.82, 2.24) is 9.99 Å². The number of fused-ring (bicyclic) bond motifs is 3. The van der Waals surface area contributed by atoms with Gasteiger partial charge in [-0.05, 0) is 37.5 Å². The number of rotatable bonds is 3. The van der Waals surface area contributed by atoms with Gasteiger partial charge in [0.25, 0.3) is 0 Å². The van der Waals surface area contributed by atoms with Crippen LogP contribution >= 0.6 is 0 Å². The quantitative estimate of drug-likeness (QED) is 0.735. The van der Waals surface area contributed by atoms with E-state index < -0.39 is 30.6 Å². The molecule has 0 radical (unpaired) electrons. The van der Waals surface area contributed by atoms with Gasteiger partial charge in [0.1, 0.15) is 18.7 Å². The molecule has 1 amide bonds. The summed E-state index contributed by atoms with van der Waals surface area (Å²) in [7, 11) is 0. The van der Waals surface area contributed by atoms with Crippen molar-refractivity contribution in [2.75, 3.05) is 18.1 Å². The summed E-state index contributed by atoms with van der Waals surface area (Å²) in [5.74, 6) is -1.38. The molecular formula is C22H21F3N4O2. The number of amides is 1. The van der Waals surface area contributed by atoms with Gasteiger partial charge in [0.15, 0.2) is 0 Å². The maximum Gasteiger partial charge on any atom is 0.406 e. The first-order chi connectivity index (χ1) is 14.9. The number of hydrogen-bond donors (Lipinski definition) is 0. The second-order valence-corrected chi connectivity index (χ2v) is 7.96. The van der Waals surface area contributed by atoms with Crippen LogP contribution in [0.25, 0.3) is 11.3 Å². The summed E-state index contributed by atoms with van der Waals surface area (Å²) in [5, 5.41) is 6.16. The zero-order chi connectivity index (χ0) is 21.6. The maximum atomic E-state index is 13.4. The van der Waals surface area contributed by atoms with E-state index in [-0.39, 0.29) is 11.9 Å². The Morgan fingerprint density at radius 3 is 2.74 bits per heavy atom. The lowest BCUT2D eigenvalue weighted by atomic mass is 9.86. The number of hydrogen-bond acceptors (Lipinski definition) is 5. The van der Waals surface area contributed by atoms with Crippen molar-refractivity contribution < 1.29 is 22.7 Å². The highest BCUT2D eigenvalue weighted by Gasteiger charge is 2.49. The van der Waals surface area contributed by atoms with Crippen LogP contribution in [-0.2, 0) is 9.53 Å². The van der Waals surface area contributed by atoms with Crippen LogP contribution < -0.4 is 4.90 Å². The van der Waals surface area contributed by atoms with Gasteiger partial charge < -0.3 is 9.64 Å². The number of hydrazone groups is 1. The summed E-state index contributed by atoms with van der Waals surface area (Å²) in [6.45, 7) is -0.741. The minimum atomic E-state index is -4.53. The highest BCUT2D eigenvalue weighted by Crippen LogP contribution is 2.47. The molecule has 9 heteroatoms. The largest absolute Gasteiger partial charge is 0.406 e. The first-order valence-corrected chi connectivity index (χ1v) is 10.3. The zero-order valence-corrected chi connectivity index (χ0v) is 16.6. The lowest BCUT2D eigenvalue weighted by Crippen LogP contribution is -2.50. The van der Waals surface area contributed by atoms with Crippen LogP contribution in [0.1, 0.15) is 30.9 Å². The molecule has 1 fully saturated rings. The molecule has 3 aliphatic heterocycles. The zero-order valence-electron chi connectivity index (χ0n) is 16.6. The highest BCUT2D eigenvalue weighted by molar-refractivity contribution is 6.08. The fourth-order valence-electron chi connectivity index (χ4n) is 4.55. The maximum absolute atomic E-state index is 13.4. The van der Waals surface area contributed by atoms with E-state index in [0.717, 1.165) is 24.2 Å². The minimum Gasteiger partial charge on any atom is -0.357 e. The van der Waals surface area contributed by atoms with Gasteiger partial charge in [0.2, 0.25) is 5.91 Å². The van der Waals surface area contributed by atoms with Gasteiger partial charge in [-0.25, -0.2) is 0 Å². The van der Waals surface area contributed by atoms with Crippen molar-refractivity contribution in [3.8, 4) is 11.3 Å². The average molecular weight is 430 g/mol. The topological polar surface area (TPSA) is 58.0 Å². The second-order valence-electron chi connectivity index (χ2n) is 7.96. The lowest BCUT2D eigenvalue weighted by molar-refractivity contribution is -0.138. The molecule has 2 aromatic rings. The third-order valence-electron chi connectivity index (χ3n) is 5.93. The normalized spacial score (nSPS) is 25.5. The van der Waals surface area contributed by atoms with Crippen molar-refractivity contribution in [3.05, 3.63) is 48.2 Å². The lowest BCUT2D eigenvalue weighted by Gasteiger charge is -2.41. The monoisotopic (exact) mass is 430 g/mol. The van der Waals surface area contributed by atoms with Crippen molar-refractivity contribution in [3.63, 3.8) is 0 Å². The summed E-state index contributed by atoms with van der Waals surface area (Å²) in [4.78, 5) is 18.3. The SMILES string of the molecule is O=C1C2C=NN(C3CCCCO3)C2c2ccc(-c3ccccn3)cc2N1CC(F)(F)F. The predicted molar refractivity (Wildman–Crippen MR) is 108 cm³/mol. The van der Waals surface area contributed by atoms with Gasteiger partial charge in [0, 0.05) is 30.1 Å². The standard InChI is InChI=1S/C22H21F3N4O2/c23-22(24,25)13-28-18-11-14(17-5-1-3-9-26-17)7-8-15(18)20-16(21(28)30)12-27-29(20)19-6-2-4-10-31-19/h1,3,5,7-9,11-12,16,19-20H,2,4,6,10,13H2. The molecule has 0 bridgehead atoms. The highest BCUT2D eigenvalue weighted by atomic mass is 19.4. The molecule has 1 aromatic carbocycles. The van der Waals surface area contributed by atoms with E-state index in [1.165, 1.54) is 6.21 Å². The second kappa shape index (κ2) is 7.64. The van der Waals surface area contributed by atoms with Crippen LogP contribution in [-0.4, -0.2) is 47.7 Å². The Hall–Kier alpha value is -2.94. The Labute approximate surface area is 177 Å². The number of alkyl halides is 3. The molecule has 3 atom stereocenters. The summed E-state index contributed by atoms with van der Waals surface area (Å²) in [6, 6.07) is 10.1. The smallest absolute Gasteiger partial charge is 0.357 e. The molecule has 162 valence electrons. The van der Waals surface area contributed by atoms with E-state index in [1.54, 1.807) is 35.5 Å². The predicted octanol–water partition coefficient (Wildman–Crippen LogP) is 4.14. The van der Waals surface area contributed by atoms with Crippen molar-refractivity contribution in [2.45, 2.75) is 37.7 Å². The molecule has 5 rings (SSSR count). The van der Waals surface area contributed by atoms with Gasteiger partial charge >= 0.3 is 6.18 Å². The van der Waals surface area contributed by atoms with Crippen LogP contribution in [0.2, 0.25) is 0 Å². The number of carbonyl (C=O) groups excluding carboxylic acids is 1. The number of ether oxygens (including phenoxy) is 1. The third kappa shape index (κ3) is 3.67. The molecule has 0 aliphatic carbocycles. The summed E-state index contributed by atoms with van der Waals surface area (Å²) in [6.07, 6.45) is 0.981. The first-order valence-electron chi connectivity index (χ1n) is 10.3. The fourth-order valence-corrected chi connectivity index (χ4v) is 4.55. The van der Waals surface area contributed by atoms with Gasteiger partial charge in [-0.2, -0.15) is 18.3 Å². The number of aromatic nitrogens is 1.